The van der Waals surface area contributed by atoms with Gasteiger partial charge in [-0.05, 0) is 33.7 Å². The molecule has 0 radical (unpaired) electrons. The number of halogens is 2. The summed E-state index contributed by atoms with van der Waals surface area (Å²) in [7, 11) is 0. The van der Waals surface area contributed by atoms with E-state index in [1.165, 1.54) is 0 Å². The molecule has 0 heterocycles. The predicted octanol–water partition coefficient (Wildman–Crippen LogP) is 6.75. The Balaban J connectivity index is 2.05. The van der Waals surface area contributed by atoms with Gasteiger partial charge in [-0.25, -0.2) is 0 Å². The average Bonchev–Trinajstić information content (AvgIpc) is 2.61. The fourth-order valence-electron chi connectivity index (χ4n) is 3.08. The second-order valence-electron chi connectivity index (χ2n) is 5.62. The highest BCUT2D eigenvalue weighted by atomic mass is 79.9. The first-order valence-electron chi connectivity index (χ1n) is 7.56. The Labute approximate surface area is 156 Å². The second-order valence-corrected chi connectivity index (χ2v) is 7.32. The summed E-state index contributed by atoms with van der Waals surface area (Å²) in [6.45, 7) is 0. The smallest absolute Gasteiger partial charge is 0.196 e. The summed E-state index contributed by atoms with van der Waals surface area (Å²) in [4.78, 5) is 13.5. The molecule has 0 bridgehead atoms. The van der Waals surface area contributed by atoms with E-state index in [-0.39, 0.29) is 5.78 Å². The lowest BCUT2D eigenvalue weighted by Gasteiger charge is -2.12. The Kier molecular flexibility index (Phi) is 3.99. The van der Waals surface area contributed by atoms with Gasteiger partial charge in [-0.2, -0.15) is 0 Å². The van der Waals surface area contributed by atoms with Crippen LogP contribution >= 0.6 is 31.9 Å². The van der Waals surface area contributed by atoms with E-state index in [1.807, 2.05) is 72.8 Å². The molecule has 116 valence electrons. The second kappa shape index (κ2) is 6.15. The molecule has 3 heteroatoms. The summed E-state index contributed by atoms with van der Waals surface area (Å²) in [5, 5.41) is 4.02. The molecule has 0 unspecified atom stereocenters. The van der Waals surface area contributed by atoms with E-state index in [4.69, 9.17) is 0 Å². The van der Waals surface area contributed by atoms with Crippen molar-refractivity contribution in [2.75, 3.05) is 0 Å². The average molecular weight is 440 g/mol. The van der Waals surface area contributed by atoms with Gasteiger partial charge in [0.15, 0.2) is 5.78 Å². The maximum atomic E-state index is 13.5. The van der Waals surface area contributed by atoms with Crippen molar-refractivity contribution < 1.29 is 4.79 Å². The quantitative estimate of drug-likeness (QED) is 0.315. The van der Waals surface area contributed by atoms with E-state index in [0.29, 0.717) is 11.1 Å². The summed E-state index contributed by atoms with van der Waals surface area (Å²) in [6, 6.07) is 23.8. The summed E-state index contributed by atoms with van der Waals surface area (Å²) in [5.41, 5.74) is 1.40. The molecule has 1 nitrogen and oxygen atoms in total. The van der Waals surface area contributed by atoms with Crippen molar-refractivity contribution in [1.82, 2.24) is 0 Å². The molecular formula is C21H12Br2O. The topological polar surface area (TPSA) is 17.1 Å². The Bertz CT molecular complexity index is 1010. The summed E-state index contributed by atoms with van der Waals surface area (Å²) in [6.07, 6.45) is 0. The lowest BCUT2D eigenvalue weighted by atomic mass is 9.94. The van der Waals surface area contributed by atoms with Gasteiger partial charge in [-0.15, -0.1) is 0 Å². The third-order valence-corrected chi connectivity index (χ3v) is 5.53. The van der Waals surface area contributed by atoms with Crippen LogP contribution in [0, 0.1) is 0 Å². The van der Waals surface area contributed by atoms with Crippen molar-refractivity contribution >= 4 is 59.2 Å². The van der Waals surface area contributed by atoms with Gasteiger partial charge in [0.25, 0.3) is 0 Å². The van der Waals surface area contributed by atoms with Gasteiger partial charge in [-0.1, -0.05) is 92.5 Å². The van der Waals surface area contributed by atoms with Gasteiger partial charge in [0.1, 0.15) is 0 Å². The largest absolute Gasteiger partial charge is 0.288 e. The molecular weight excluding hydrogens is 428 g/mol. The molecule has 0 N–H and O–H groups in total. The number of carbonyl (C=O) groups is 1. The minimum Gasteiger partial charge on any atom is -0.288 e. The van der Waals surface area contributed by atoms with Crippen molar-refractivity contribution in [2.24, 2.45) is 0 Å². The zero-order valence-corrected chi connectivity index (χ0v) is 15.8. The molecule has 0 aliphatic carbocycles. The molecule has 0 amide bonds. The number of carbonyl (C=O) groups excluding carboxylic acids is 1. The van der Waals surface area contributed by atoms with Crippen molar-refractivity contribution in [3.63, 3.8) is 0 Å². The molecule has 0 saturated heterocycles. The van der Waals surface area contributed by atoms with E-state index in [1.54, 1.807) is 0 Å². The molecule has 0 aliphatic heterocycles. The van der Waals surface area contributed by atoms with E-state index < -0.39 is 0 Å². The molecule has 0 saturated carbocycles. The van der Waals surface area contributed by atoms with Crippen LogP contribution < -0.4 is 0 Å². The first-order valence-corrected chi connectivity index (χ1v) is 9.14. The van der Waals surface area contributed by atoms with E-state index in [0.717, 1.165) is 30.5 Å². The van der Waals surface area contributed by atoms with Crippen LogP contribution in [0.25, 0.3) is 21.5 Å². The molecule has 0 spiro atoms. The molecule has 0 atom stereocenters. The highest BCUT2D eigenvalue weighted by Crippen LogP contribution is 2.34. The van der Waals surface area contributed by atoms with Crippen molar-refractivity contribution in [1.29, 1.82) is 0 Å². The van der Waals surface area contributed by atoms with Gasteiger partial charge < -0.3 is 0 Å². The van der Waals surface area contributed by atoms with Crippen LogP contribution in [-0.2, 0) is 0 Å². The minimum atomic E-state index is 0.0161. The summed E-state index contributed by atoms with van der Waals surface area (Å²) in [5.74, 6) is 0.0161. The van der Waals surface area contributed by atoms with Crippen LogP contribution in [-0.4, -0.2) is 5.78 Å². The zero-order valence-electron chi connectivity index (χ0n) is 12.6. The maximum absolute atomic E-state index is 13.5. The normalized spacial score (nSPS) is 11.1. The van der Waals surface area contributed by atoms with E-state index in [2.05, 4.69) is 31.9 Å². The molecule has 24 heavy (non-hydrogen) atoms. The van der Waals surface area contributed by atoms with Crippen molar-refractivity contribution in [3.8, 4) is 0 Å². The number of hydrogen-bond donors (Lipinski definition) is 0. The van der Waals surface area contributed by atoms with Crippen molar-refractivity contribution in [2.45, 2.75) is 0 Å². The van der Waals surface area contributed by atoms with Crippen LogP contribution in [0.3, 0.4) is 0 Å². The third kappa shape index (κ3) is 2.48. The zero-order chi connectivity index (χ0) is 16.7. The SMILES string of the molecule is O=C(c1c(Br)ccc2ccccc12)c1c(Br)ccc2ccccc12. The van der Waals surface area contributed by atoms with Crippen LogP contribution in [0.15, 0.2) is 81.7 Å². The number of hydrogen-bond acceptors (Lipinski definition) is 1. The van der Waals surface area contributed by atoms with Crippen LogP contribution in [0.1, 0.15) is 15.9 Å². The third-order valence-electron chi connectivity index (χ3n) is 4.21. The highest BCUT2D eigenvalue weighted by molar-refractivity contribution is 9.11. The first kappa shape index (κ1) is 15.6. The Morgan fingerprint density at radius 1 is 0.583 bits per heavy atom. The monoisotopic (exact) mass is 438 g/mol. The maximum Gasteiger partial charge on any atom is 0.196 e. The van der Waals surface area contributed by atoms with Gasteiger partial charge in [0.2, 0.25) is 0 Å². The lowest BCUT2D eigenvalue weighted by Crippen LogP contribution is -2.05. The highest BCUT2D eigenvalue weighted by Gasteiger charge is 2.20. The Morgan fingerprint density at radius 2 is 1.00 bits per heavy atom. The van der Waals surface area contributed by atoms with Crippen molar-refractivity contribution in [3.05, 3.63) is 92.9 Å². The molecule has 4 aromatic rings. The number of ketones is 1. The molecule has 0 aliphatic rings. The van der Waals surface area contributed by atoms with E-state index >= 15 is 0 Å². The van der Waals surface area contributed by atoms with Crippen LogP contribution in [0.2, 0.25) is 0 Å². The van der Waals surface area contributed by atoms with Gasteiger partial charge in [-0.3, -0.25) is 4.79 Å². The number of fused-ring (bicyclic) bond motifs is 2. The summed E-state index contributed by atoms with van der Waals surface area (Å²) >= 11 is 7.14. The summed E-state index contributed by atoms with van der Waals surface area (Å²) < 4.78 is 1.62. The van der Waals surface area contributed by atoms with Gasteiger partial charge in [0.05, 0.1) is 0 Å². The number of rotatable bonds is 2. The lowest BCUT2D eigenvalue weighted by molar-refractivity contribution is 0.104. The molecule has 4 aromatic carbocycles. The fraction of sp³-hybridized carbons (Fsp3) is 0. The number of benzene rings is 4. The van der Waals surface area contributed by atoms with Gasteiger partial charge >= 0.3 is 0 Å². The minimum absolute atomic E-state index is 0.0161. The molecule has 0 fully saturated rings. The van der Waals surface area contributed by atoms with Gasteiger partial charge in [0, 0.05) is 20.1 Å². The van der Waals surface area contributed by atoms with E-state index in [9.17, 15) is 4.79 Å². The molecule has 0 aromatic heterocycles. The Morgan fingerprint density at radius 3 is 1.46 bits per heavy atom. The molecule has 4 rings (SSSR count). The first-order chi connectivity index (χ1) is 11.7. The van der Waals surface area contributed by atoms with Crippen LogP contribution in [0.5, 0.6) is 0 Å². The predicted molar refractivity (Wildman–Crippen MR) is 107 cm³/mol. The van der Waals surface area contributed by atoms with Crippen LogP contribution in [0.4, 0.5) is 0 Å². The Hall–Kier alpha value is -1.97. The standard InChI is InChI=1S/C21H12Br2O/c22-17-11-9-13-5-1-3-7-15(13)19(17)21(24)20-16-8-4-2-6-14(16)10-12-18(20)23/h1-12H. The fourth-order valence-corrected chi connectivity index (χ4v) is 4.13.